The summed E-state index contributed by atoms with van der Waals surface area (Å²) in [5, 5.41) is 2.86. The molecule has 11 heteroatoms. The summed E-state index contributed by atoms with van der Waals surface area (Å²) < 4.78 is 25.4. The van der Waals surface area contributed by atoms with Crippen molar-refractivity contribution in [1.82, 2.24) is 4.47 Å². The van der Waals surface area contributed by atoms with Gasteiger partial charge in [-0.1, -0.05) is 39.3 Å². The van der Waals surface area contributed by atoms with Gasteiger partial charge in [0.05, 0.1) is 27.9 Å². The molecule has 0 heterocycles. The predicted octanol–water partition coefficient (Wildman–Crippen LogP) is 3.66. The number of carbonyl (C=O) groups is 1. The van der Waals surface area contributed by atoms with E-state index in [0.717, 1.165) is 6.07 Å². The summed E-state index contributed by atoms with van der Waals surface area (Å²) in [6, 6.07) is 6.67. The van der Waals surface area contributed by atoms with E-state index in [0.29, 0.717) is 10.2 Å². The van der Waals surface area contributed by atoms with Crippen molar-refractivity contribution in [3.63, 3.8) is 0 Å². The quantitative estimate of drug-likeness (QED) is 0.548. The van der Waals surface area contributed by atoms with E-state index in [1.807, 2.05) is 0 Å². The Morgan fingerprint density at radius 2 is 1.69 bits per heavy atom. The van der Waals surface area contributed by atoms with Crippen molar-refractivity contribution in [2.75, 3.05) is 25.2 Å². The molecule has 0 radical (unpaired) electrons. The van der Waals surface area contributed by atoms with Crippen molar-refractivity contribution in [3.8, 4) is 0 Å². The van der Waals surface area contributed by atoms with Gasteiger partial charge < -0.3 is 11.1 Å². The largest absolute Gasteiger partial charge is 0.396 e. The molecule has 2 aromatic rings. The fourth-order valence-corrected chi connectivity index (χ4v) is 3.90. The van der Waals surface area contributed by atoms with Crippen LogP contribution in [0.1, 0.15) is 10.4 Å². The first-order valence-corrected chi connectivity index (χ1v) is 9.53. The van der Waals surface area contributed by atoms with Crippen molar-refractivity contribution in [2.45, 2.75) is 4.90 Å². The van der Waals surface area contributed by atoms with E-state index >= 15 is 0 Å². The van der Waals surface area contributed by atoms with Crippen molar-refractivity contribution in [3.05, 3.63) is 51.0 Å². The molecule has 2 aromatic carbocycles. The van der Waals surface area contributed by atoms with E-state index in [1.54, 1.807) is 0 Å². The van der Waals surface area contributed by atoms with Crippen LogP contribution in [0.25, 0.3) is 0 Å². The summed E-state index contributed by atoms with van der Waals surface area (Å²) in [6.07, 6.45) is 0. The molecule has 0 aliphatic carbocycles. The Morgan fingerprint density at radius 3 is 2.23 bits per heavy atom. The maximum absolute atomic E-state index is 12.4. The first-order valence-electron chi connectivity index (χ1n) is 6.96. The Kier molecular flexibility index (Phi) is 6.38. The van der Waals surface area contributed by atoms with Gasteiger partial charge in [-0.2, -0.15) is 0 Å². The molecule has 2 rings (SSSR count). The lowest BCUT2D eigenvalue weighted by Crippen LogP contribution is -2.26. The maximum atomic E-state index is 12.4. The summed E-state index contributed by atoms with van der Waals surface area (Å²) in [5.41, 5.74) is 6.19. The number of nitrogens with one attached hydrogen (secondary N) is 1. The van der Waals surface area contributed by atoms with Crippen molar-refractivity contribution < 1.29 is 18.0 Å². The number of halogens is 3. The van der Waals surface area contributed by atoms with Gasteiger partial charge in [-0.15, -0.1) is 0 Å². The van der Waals surface area contributed by atoms with Crippen LogP contribution in [0.4, 0.5) is 11.4 Å². The topological polar surface area (TPSA) is 102 Å². The molecule has 0 unspecified atom stereocenters. The summed E-state index contributed by atoms with van der Waals surface area (Å²) in [7, 11) is -1.63. The Balaban J connectivity index is 2.38. The number of hydrogen-bond donors (Lipinski definition) is 2. The van der Waals surface area contributed by atoms with Crippen molar-refractivity contribution in [2.24, 2.45) is 0 Å². The maximum Gasteiger partial charge on any atom is 0.266 e. The second-order valence-electron chi connectivity index (χ2n) is 5.05. The molecule has 0 aromatic heterocycles. The standard InChI is InChI=1S/C15H14Cl3N3O4S/c1-21(25-2)26(23,24)13-5-8(3-4-10(13)16)15(22)20-9-6-11(17)14(19)12(18)7-9/h3-7H,19H2,1-2H3,(H,20,22). The summed E-state index contributed by atoms with van der Waals surface area (Å²) in [6.45, 7) is 0. The molecule has 1 amide bonds. The second-order valence-corrected chi connectivity index (χ2v) is 8.18. The van der Waals surface area contributed by atoms with Crippen LogP contribution in [0.5, 0.6) is 0 Å². The molecule has 3 N–H and O–H groups in total. The lowest BCUT2D eigenvalue weighted by molar-refractivity contribution is -0.0258. The number of nitrogens with zero attached hydrogens (tertiary/aromatic N) is 1. The van der Waals surface area contributed by atoms with Crippen LogP contribution in [-0.4, -0.2) is 33.0 Å². The van der Waals surface area contributed by atoms with Gasteiger partial charge >= 0.3 is 0 Å². The van der Waals surface area contributed by atoms with Crippen molar-refractivity contribution >= 4 is 62.1 Å². The molecule has 0 aliphatic heterocycles. The van der Waals surface area contributed by atoms with Crippen LogP contribution >= 0.6 is 34.8 Å². The minimum atomic E-state index is -4.03. The minimum Gasteiger partial charge on any atom is -0.396 e. The molecule has 0 bridgehead atoms. The molecule has 0 atom stereocenters. The van der Waals surface area contributed by atoms with E-state index in [4.69, 9.17) is 45.4 Å². The third-order valence-electron chi connectivity index (χ3n) is 3.40. The molecular weight excluding hydrogens is 425 g/mol. The number of anilines is 2. The Labute approximate surface area is 165 Å². The van der Waals surface area contributed by atoms with E-state index in [2.05, 4.69) is 5.32 Å². The zero-order chi connectivity index (χ0) is 19.6. The van der Waals surface area contributed by atoms with Crippen LogP contribution in [0, 0.1) is 0 Å². The fraction of sp³-hybridized carbons (Fsp3) is 0.133. The smallest absolute Gasteiger partial charge is 0.266 e. The van der Waals surface area contributed by atoms with Gasteiger partial charge in [0, 0.05) is 18.3 Å². The Bertz CT molecular complexity index is 944. The van der Waals surface area contributed by atoms with Gasteiger partial charge in [-0.3, -0.25) is 9.63 Å². The summed E-state index contributed by atoms with van der Waals surface area (Å²) in [4.78, 5) is 16.9. The number of sulfonamides is 1. The molecular formula is C15H14Cl3N3O4S. The first-order chi connectivity index (χ1) is 12.1. The summed E-state index contributed by atoms with van der Waals surface area (Å²) >= 11 is 17.8. The zero-order valence-corrected chi connectivity index (χ0v) is 16.7. The lowest BCUT2D eigenvalue weighted by atomic mass is 10.2. The molecule has 0 spiro atoms. The molecule has 7 nitrogen and oxygen atoms in total. The Morgan fingerprint density at radius 1 is 1.12 bits per heavy atom. The third kappa shape index (κ3) is 4.22. The fourth-order valence-electron chi connectivity index (χ4n) is 1.94. The van der Waals surface area contributed by atoms with E-state index < -0.39 is 15.9 Å². The average Bonchev–Trinajstić information content (AvgIpc) is 2.58. The number of nitrogen functional groups attached to an aromatic ring is 1. The van der Waals surface area contributed by atoms with Crippen LogP contribution in [0.2, 0.25) is 15.1 Å². The van der Waals surface area contributed by atoms with Gasteiger partial charge in [0.15, 0.2) is 0 Å². The molecule has 0 aliphatic rings. The van der Waals surface area contributed by atoms with Crippen molar-refractivity contribution in [1.29, 1.82) is 0 Å². The molecule has 0 saturated heterocycles. The van der Waals surface area contributed by atoms with Gasteiger partial charge in [0.2, 0.25) is 0 Å². The summed E-state index contributed by atoms with van der Waals surface area (Å²) in [5.74, 6) is -0.588. The van der Waals surface area contributed by atoms with Crippen LogP contribution in [0.15, 0.2) is 35.2 Å². The zero-order valence-electron chi connectivity index (χ0n) is 13.6. The van der Waals surface area contributed by atoms with Gasteiger partial charge in [0.25, 0.3) is 15.9 Å². The monoisotopic (exact) mass is 437 g/mol. The van der Waals surface area contributed by atoms with E-state index in [1.165, 1.54) is 38.4 Å². The lowest BCUT2D eigenvalue weighted by Gasteiger charge is -2.16. The normalized spacial score (nSPS) is 11.6. The Hall–Kier alpha value is -1.55. The van der Waals surface area contributed by atoms with Gasteiger partial charge in [-0.05, 0) is 30.3 Å². The average molecular weight is 439 g/mol. The highest BCUT2D eigenvalue weighted by Gasteiger charge is 2.25. The highest BCUT2D eigenvalue weighted by Crippen LogP contribution is 2.31. The molecule has 0 fully saturated rings. The molecule has 26 heavy (non-hydrogen) atoms. The highest BCUT2D eigenvalue weighted by atomic mass is 35.5. The van der Waals surface area contributed by atoms with E-state index in [-0.39, 0.29) is 31.2 Å². The third-order valence-corrected chi connectivity index (χ3v) is 6.19. The minimum absolute atomic E-state index is 0.0518. The number of rotatable bonds is 5. The number of benzene rings is 2. The molecule has 140 valence electrons. The highest BCUT2D eigenvalue weighted by molar-refractivity contribution is 7.89. The van der Waals surface area contributed by atoms with Crippen LogP contribution < -0.4 is 11.1 Å². The number of hydroxylamine groups is 1. The number of hydrogen-bond acceptors (Lipinski definition) is 5. The number of nitrogens with two attached hydrogens (primary N) is 1. The van der Waals surface area contributed by atoms with Crippen LogP contribution in [0.3, 0.4) is 0 Å². The van der Waals surface area contributed by atoms with Gasteiger partial charge in [0.1, 0.15) is 4.90 Å². The van der Waals surface area contributed by atoms with E-state index in [9.17, 15) is 13.2 Å². The number of carbonyl (C=O) groups excluding carboxylic acids is 1. The molecule has 0 saturated carbocycles. The predicted molar refractivity (Wildman–Crippen MR) is 102 cm³/mol. The number of amides is 1. The SMILES string of the molecule is CON(C)S(=O)(=O)c1cc(C(=O)Nc2cc(Cl)c(N)c(Cl)c2)ccc1Cl. The second kappa shape index (κ2) is 7.99. The van der Waals surface area contributed by atoms with Crippen LogP contribution in [-0.2, 0) is 14.9 Å². The first kappa shape index (κ1) is 20.8. The van der Waals surface area contributed by atoms with Gasteiger partial charge in [-0.25, -0.2) is 8.42 Å².